The standard InChI is InChI=1S/C27H30N2O/c30-26-14-13-24-7-4-8-25(27(24)28-26)23-15-17-29(18-16-23)19-20-9-11-22(12-10-20)21-5-2-1-3-6-21/h1-12,23,26,28,30H,13-19H2. The van der Waals surface area contributed by atoms with Crippen molar-refractivity contribution >= 4 is 5.69 Å². The lowest BCUT2D eigenvalue weighted by Gasteiger charge is -2.35. The van der Waals surface area contributed by atoms with Gasteiger partial charge in [0, 0.05) is 12.2 Å². The molecule has 3 aromatic carbocycles. The predicted octanol–water partition coefficient (Wildman–Crippen LogP) is 5.41. The van der Waals surface area contributed by atoms with Crippen LogP contribution in [0.2, 0.25) is 0 Å². The minimum atomic E-state index is -0.405. The number of benzene rings is 3. The topological polar surface area (TPSA) is 35.5 Å². The quantitative estimate of drug-likeness (QED) is 0.617. The molecule has 3 nitrogen and oxygen atoms in total. The fourth-order valence-corrected chi connectivity index (χ4v) is 4.97. The summed E-state index contributed by atoms with van der Waals surface area (Å²) in [5.74, 6) is 0.578. The molecule has 2 N–H and O–H groups in total. The summed E-state index contributed by atoms with van der Waals surface area (Å²) in [6.07, 6.45) is 3.72. The average Bonchev–Trinajstić information content (AvgIpc) is 2.80. The van der Waals surface area contributed by atoms with Gasteiger partial charge in [-0.1, -0.05) is 72.8 Å². The number of aliphatic hydroxyl groups is 1. The number of nitrogens with one attached hydrogen (secondary N) is 1. The van der Waals surface area contributed by atoms with Crippen molar-refractivity contribution < 1.29 is 5.11 Å². The highest BCUT2D eigenvalue weighted by atomic mass is 16.3. The van der Waals surface area contributed by atoms with Crippen LogP contribution < -0.4 is 5.32 Å². The SMILES string of the molecule is OC1CCc2cccc(C3CCN(Cc4ccc(-c5ccccc5)cc4)CC3)c2N1. The van der Waals surface area contributed by atoms with Gasteiger partial charge in [-0.05, 0) is 72.5 Å². The molecule has 3 heteroatoms. The van der Waals surface area contributed by atoms with Crippen molar-refractivity contribution in [3.05, 3.63) is 89.5 Å². The first-order valence-corrected chi connectivity index (χ1v) is 11.2. The van der Waals surface area contributed by atoms with Crippen molar-refractivity contribution in [2.24, 2.45) is 0 Å². The van der Waals surface area contributed by atoms with Crippen LogP contribution in [-0.4, -0.2) is 29.3 Å². The van der Waals surface area contributed by atoms with Crippen LogP contribution >= 0.6 is 0 Å². The van der Waals surface area contributed by atoms with E-state index in [1.54, 1.807) is 0 Å². The third kappa shape index (κ3) is 4.14. The smallest absolute Gasteiger partial charge is 0.124 e. The van der Waals surface area contributed by atoms with E-state index in [-0.39, 0.29) is 0 Å². The molecule has 0 radical (unpaired) electrons. The van der Waals surface area contributed by atoms with Gasteiger partial charge in [-0.3, -0.25) is 4.90 Å². The Bertz CT molecular complexity index is 976. The number of aryl methyl sites for hydroxylation is 1. The number of para-hydroxylation sites is 1. The Morgan fingerprint density at radius 3 is 2.30 bits per heavy atom. The number of likely N-dealkylation sites (tertiary alicyclic amines) is 1. The molecular formula is C27H30N2O. The van der Waals surface area contributed by atoms with Crippen molar-refractivity contribution in [1.29, 1.82) is 0 Å². The van der Waals surface area contributed by atoms with Gasteiger partial charge in [0.1, 0.15) is 6.23 Å². The second-order valence-corrected chi connectivity index (χ2v) is 8.69. The van der Waals surface area contributed by atoms with E-state index >= 15 is 0 Å². The molecule has 0 bridgehead atoms. The number of rotatable bonds is 4. The van der Waals surface area contributed by atoms with Crippen LogP contribution in [0, 0.1) is 0 Å². The van der Waals surface area contributed by atoms with E-state index in [0.29, 0.717) is 5.92 Å². The molecule has 0 spiro atoms. The summed E-state index contributed by atoms with van der Waals surface area (Å²) in [5.41, 5.74) is 7.90. The largest absolute Gasteiger partial charge is 0.374 e. The molecule has 0 aromatic heterocycles. The lowest BCUT2D eigenvalue weighted by molar-refractivity contribution is 0.187. The maximum absolute atomic E-state index is 10.1. The van der Waals surface area contributed by atoms with Gasteiger partial charge in [-0.2, -0.15) is 0 Å². The molecule has 2 heterocycles. The minimum absolute atomic E-state index is 0.405. The Morgan fingerprint density at radius 2 is 1.53 bits per heavy atom. The number of piperidine rings is 1. The molecule has 1 unspecified atom stereocenters. The summed E-state index contributed by atoms with van der Waals surface area (Å²) >= 11 is 0. The van der Waals surface area contributed by atoms with Crippen LogP contribution in [0.5, 0.6) is 0 Å². The van der Waals surface area contributed by atoms with Crippen LogP contribution in [0.25, 0.3) is 11.1 Å². The number of hydrogen-bond donors (Lipinski definition) is 2. The highest BCUT2D eigenvalue weighted by Gasteiger charge is 2.26. The molecule has 1 atom stereocenters. The van der Waals surface area contributed by atoms with E-state index < -0.39 is 6.23 Å². The maximum atomic E-state index is 10.1. The van der Waals surface area contributed by atoms with Crippen molar-refractivity contribution in [3.63, 3.8) is 0 Å². The Labute approximate surface area is 179 Å². The first kappa shape index (κ1) is 19.3. The van der Waals surface area contributed by atoms with Gasteiger partial charge >= 0.3 is 0 Å². The first-order valence-electron chi connectivity index (χ1n) is 11.2. The lowest BCUT2D eigenvalue weighted by Crippen LogP contribution is -2.33. The Balaban J connectivity index is 1.21. The van der Waals surface area contributed by atoms with Gasteiger partial charge in [0.2, 0.25) is 0 Å². The first-order chi connectivity index (χ1) is 14.8. The Kier molecular flexibility index (Phi) is 5.56. The van der Waals surface area contributed by atoms with Gasteiger partial charge in [-0.25, -0.2) is 0 Å². The van der Waals surface area contributed by atoms with Gasteiger partial charge in [-0.15, -0.1) is 0 Å². The summed E-state index contributed by atoms with van der Waals surface area (Å²) in [7, 11) is 0. The van der Waals surface area contributed by atoms with Gasteiger partial charge in [0.15, 0.2) is 0 Å². The van der Waals surface area contributed by atoms with Crippen LogP contribution in [0.15, 0.2) is 72.8 Å². The zero-order valence-electron chi connectivity index (χ0n) is 17.4. The Morgan fingerprint density at radius 1 is 0.800 bits per heavy atom. The van der Waals surface area contributed by atoms with Crippen molar-refractivity contribution in [2.75, 3.05) is 18.4 Å². The van der Waals surface area contributed by atoms with Crippen molar-refractivity contribution in [3.8, 4) is 11.1 Å². The Hall–Kier alpha value is -2.62. The van der Waals surface area contributed by atoms with E-state index in [4.69, 9.17) is 0 Å². The van der Waals surface area contributed by atoms with Crippen LogP contribution in [0.4, 0.5) is 5.69 Å². The fourth-order valence-electron chi connectivity index (χ4n) is 4.97. The highest BCUT2D eigenvalue weighted by Crippen LogP contribution is 2.37. The molecule has 5 rings (SSSR count). The molecule has 30 heavy (non-hydrogen) atoms. The van der Waals surface area contributed by atoms with E-state index in [1.165, 1.54) is 46.3 Å². The molecule has 154 valence electrons. The van der Waals surface area contributed by atoms with E-state index in [1.807, 2.05) is 0 Å². The molecular weight excluding hydrogens is 368 g/mol. The van der Waals surface area contributed by atoms with Crippen molar-refractivity contribution in [2.45, 2.75) is 44.4 Å². The molecule has 3 aromatic rings. The third-order valence-corrected chi connectivity index (χ3v) is 6.68. The summed E-state index contributed by atoms with van der Waals surface area (Å²) < 4.78 is 0. The van der Waals surface area contributed by atoms with Crippen LogP contribution in [0.1, 0.15) is 41.9 Å². The number of anilines is 1. The normalized spacial score (nSPS) is 19.8. The second-order valence-electron chi connectivity index (χ2n) is 8.69. The van der Waals surface area contributed by atoms with Crippen LogP contribution in [0.3, 0.4) is 0 Å². The monoisotopic (exact) mass is 398 g/mol. The van der Waals surface area contributed by atoms with E-state index in [2.05, 4.69) is 83.0 Å². The van der Waals surface area contributed by atoms with Gasteiger partial charge in [0.05, 0.1) is 0 Å². The number of fused-ring (bicyclic) bond motifs is 1. The molecule has 0 amide bonds. The van der Waals surface area contributed by atoms with E-state index in [0.717, 1.165) is 32.5 Å². The maximum Gasteiger partial charge on any atom is 0.124 e. The second kappa shape index (κ2) is 8.63. The zero-order chi connectivity index (χ0) is 20.3. The lowest BCUT2D eigenvalue weighted by atomic mass is 9.85. The fraction of sp³-hybridized carbons (Fsp3) is 0.333. The molecule has 2 aliphatic rings. The molecule has 1 fully saturated rings. The number of hydrogen-bond acceptors (Lipinski definition) is 3. The molecule has 1 saturated heterocycles. The molecule has 2 aliphatic heterocycles. The average molecular weight is 399 g/mol. The van der Waals surface area contributed by atoms with E-state index in [9.17, 15) is 5.11 Å². The zero-order valence-corrected chi connectivity index (χ0v) is 17.4. The van der Waals surface area contributed by atoms with Gasteiger partial charge in [0.25, 0.3) is 0 Å². The van der Waals surface area contributed by atoms with Crippen molar-refractivity contribution in [1.82, 2.24) is 4.90 Å². The summed E-state index contributed by atoms with van der Waals surface area (Å²) in [6, 6.07) is 26.2. The third-order valence-electron chi connectivity index (χ3n) is 6.68. The van der Waals surface area contributed by atoms with Gasteiger partial charge < -0.3 is 10.4 Å². The number of aliphatic hydroxyl groups excluding tert-OH is 1. The molecule has 0 saturated carbocycles. The van der Waals surface area contributed by atoms with Crippen LogP contribution in [-0.2, 0) is 13.0 Å². The highest BCUT2D eigenvalue weighted by molar-refractivity contribution is 5.63. The molecule has 0 aliphatic carbocycles. The number of nitrogens with zero attached hydrogens (tertiary/aromatic N) is 1. The predicted molar refractivity (Wildman–Crippen MR) is 124 cm³/mol. The summed E-state index contributed by atoms with van der Waals surface area (Å²) in [5, 5.41) is 13.4. The summed E-state index contributed by atoms with van der Waals surface area (Å²) in [6.45, 7) is 3.26. The minimum Gasteiger partial charge on any atom is -0.374 e. The summed E-state index contributed by atoms with van der Waals surface area (Å²) in [4.78, 5) is 2.58.